The highest BCUT2D eigenvalue weighted by atomic mass is 16.3. The third-order valence-electron chi connectivity index (χ3n) is 6.38. The normalized spacial score (nSPS) is 36.0. The zero-order valence-electron chi connectivity index (χ0n) is 15.1. The molecule has 0 radical (unpaired) electrons. The van der Waals surface area contributed by atoms with Gasteiger partial charge in [-0.25, -0.2) is 9.97 Å². The highest BCUT2D eigenvalue weighted by molar-refractivity contribution is 5.33. The first-order valence-electron chi connectivity index (χ1n) is 9.48. The third-order valence-corrected chi connectivity index (χ3v) is 6.38. The number of aliphatic hydroxyl groups is 1. The second-order valence-corrected chi connectivity index (χ2v) is 8.57. The van der Waals surface area contributed by atoms with Crippen LogP contribution >= 0.6 is 0 Å². The van der Waals surface area contributed by atoms with Crippen LogP contribution in [0.3, 0.4) is 0 Å². The van der Waals surface area contributed by atoms with E-state index in [9.17, 15) is 5.11 Å². The molecule has 1 saturated carbocycles. The standard InChI is InChI=1S/C19H30N4O/c1-12(2)17-19(11-23(17)3)8-15(16(24)9-19)22-18-20-10-13-6-4-5-7-14(13)21-18/h10,12,15-17,24H,4-9,11H2,1-3H3,(H,20,21,22)/t15-,16-,17?,19?/m1/s1. The predicted molar refractivity (Wildman–Crippen MR) is 95.0 cm³/mol. The summed E-state index contributed by atoms with van der Waals surface area (Å²) >= 11 is 0. The van der Waals surface area contributed by atoms with Gasteiger partial charge in [0.25, 0.3) is 0 Å². The van der Waals surface area contributed by atoms with Crippen molar-refractivity contribution in [2.45, 2.75) is 70.6 Å². The molecule has 0 aromatic carbocycles. The number of hydrogen-bond acceptors (Lipinski definition) is 5. The summed E-state index contributed by atoms with van der Waals surface area (Å²) in [5, 5.41) is 14.1. The van der Waals surface area contributed by atoms with Gasteiger partial charge >= 0.3 is 0 Å². The van der Waals surface area contributed by atoms with E-state index in [1.54, 1.807) is 0 Å². The Kier molecular flexibility index (Phi) is 4.04. The largest absolute Gasteiger partial charge is 0.391 e. The Morgan fingerprint density at radius 3 is 2.83 bits per heavy atom. The number of rotatable bonds is 3. The Morgan fingerprint density at radius 2 is 2.08 bits per heavy atom. The van der Waals surface area contributed by atoms with Crippen molar-refractivity contribution in [2.24, 2.45) is 11.3 Å². The molecule has 2 unspecified atom stereocenters. The van der Waals surface area contributed by atoms with Crippen LogP contribution in [0.5, 0.6) is 0 Å². The van der Waals surface area contributed by atoms with Gasteiger partial charge in [-0.15, -0.1) is 0 Å². The number of anilines is 1. The number of hydrogen-bond donors (Lipinski definition) is 2. The van der Waals surface area contributed by atoms with E-state index in [1.807, 2.05) is 6.20 Å². The molecule has 2 heterocycles. The lowest BCUT2D eigenvalue weighted by atomic mass is 9.66. The molecule has 5 nitrogen and oxygen atoms in total. The molecule has 1 spiro atoms. The summed E-state index contributed by atoms with van der Waals surface area (Å²) in [5.41, 5.74) is 2.76. The van der Waals surface area contributed by atoms with E-state index in [1.165, 1.54) is 24.1 Å². The Hall–Kier alpha value is -1.20. The van der Waals surface area contributed by atoms with Crippen LogP contribution in [-0.2, 0) is 12.8 Å². The fourth-order valence-corrected chi connectivity index (χ4v) is 5.70. The van der Waals surface area contributed by atoms with Crippen molar-refractivity contribution in [1.29, 1.82) is 0 Å². The first kappa shape index (κ1) is 16.3. The highest BCUT2D eigenvalue weighted by Crippen LogP contribution is 2.52. The van der Waals surface area contributed by atoms with Crippen molar-refractivity contribution in [3.8, 4) is 0 Å². The zero-order valence-corrected chi connectivity index (χ0v) is 15.1. The topological polar surface area (TPSA) is 61.3 Å². The molecule has 4 rings (SSSR count). The quantitative estimate of drug-likeness (QED) is 0.890. The summed E-state index contributed by atoms with van der Waals surface area (Å²) in [4.78, 5) is 11.7. The summed E-state index contributed by atoms with van der Waals surface area (Å²) in [6, 6.07) is 0.644. The van der Waals surface area contributed by atoms with E-state index >= 15 is 0 Å². The summed E-state index contributed by atoms with van der Waals surface area (Å²) in [7, 11) is 2.20. The lowest BCUT2D eigenvalue weighted by Gasteiger charge is -2.57. The third kappa shape index (κ3) is 2.62. The highest BCUT2D eigenvalue weighted by Gasteiger charge is 2.58. The van der Waals surface area contributed by atoms with E-state index in [4.69, 9.17) is 4.98 Å². The molecule has 2 aliphatic carbocycles. The van der Waals surface area contributed by atoms with Gasteiger partial charge in [0.1, 0.15) is 0 Å². The first-order chi connectivity index (χ1) is 11.5. The van der Waals surface area contributed by atoms with Gasteiger partial charge in [0.05, 0.1) is 12.1 Å². The van der Waals surface area contributed by atoms with Crippen molar-refractivity contribution < 1.29 is 5.11 Å². The van der Waals surface area contributed by atoms with Crippen LogP contribution in [0.2, 0.25) is 0 Å². The molecule has 5 heteroatoms. The summed E-state index contributed by atoms with van der Waals surface area (Å²) < 4.78 is 0. The van der Waals surface area contributed by atoms with Crippen molar-refractivity contribution in [3.05, 3.63) is 17.5 Å². The molecule has 132 valence electrons. The molecule has 24 heavy (non-hydrogen) atoms. The second kappa shape index (κ2) is 5.95. The molecule has 1 aliphatic heterocycles. The Labute approximate surface area is 144 Å². The number of nitrogens with zero attached hydrogens (tertiary/aromatic N) is 3. The predicted octanol–water partition coefficient (Wildman–Crippen LogP) is 2.25. The fourth-order valence-electron chi connectivity index (χ4n) is 5.70. The van der Waals surface area contributed by atoms with Crippen LogP contribution in [0.25, 0.3) is 0 Å². The van der Waals surface area contributed by atoms with Crippen LogP contribution in [0, 0.1) is 11.3 Å². The molecule has 1 saturated heterocycles. The summed E-state index contributed by atoms with van der Waals surface area (Å²) in [6.07, 6.45) is 8.22. The Morgan fingerprint density at radius 1 is 1.29 bits per heavy atom. The maximum atomic E-state index is 10.6. The number of aryl methyl sites for hydroxylation is 2. The van der Waals surface area contributed by atoms with E-state index in [0.717, 1.165) is 32.2 Å². The molecule has 2 N–H and O–H groups in total. The van der Waals surface area contributed by atoms with Gasteiger partial charge in [0, 0.05) is 29.9 Å². The van der Waals surface area contributed by atoms with Gasteiger partial charge in [-0.1, -0.05) is 13.8 Å². The molecule has 1 aromatic rings. The number of nitrogens with one attached hydrogen (secondary N) is 1. The van der Waals surface area contributed by atoms with Crippen LogP contribution in [-0.4, -0.2) is 51.8 Å². The summed E-state index contributed by atoms with van der Waals surface area (Å²) in [6.45, 7) is 5.68. The molecule has 2 fully saturated rings. The number of fused-ring (bicyclic) bond motifs is 1. The second-order valence-electron chi connectivity index (χ2n) is 8.57. The minimum absolute atomic E-state index is 0.0709. The molecular weight excluding hydrogens is 300 g/mol. The fraction of sp³-hybridized carbons (Fsp3) is 0.789. The van der Waals surface area contributed by atoms with Gasteiger partial charge < -0.3 is 15.3 Å². The molecule has 0 amide bonds. The van der Waals surface area contributed by atoms with Gasteiger partial charge in [-0.05, 0) is 57.1 Å². The summed E-state index contributed by atoms with van der Waals surface area (Å²) in [5.74, 6) is 1.32. The van der Waals surface area contributed by atoms with Gasteiger partial charge in [-0.3, -0.25) is 0 Å². The van der Waals surface area contributed by atoms with Crippen LogP contribution in [0.1, 0.15) is 50.8 Å². The number of aliphatic hydroxyl groups excluding tert-OH is 1. The maximum absolute atomic E-state index is 10.6. The Balaban J connectivity index is 1.48. The first-order valence-corrected chi connectivity index (χ1v) is 9.48. The maximum Gasteiger partial charge on any atom is 0.223 e. The van der Waals surface area contributed by atoms with Crippen molar-refractivity contribution in [2.75, 3.05) is 18.9 Å². The molecule has 1 aromatic heterocycles. The molecular formula is C19H30N4O. The SMILES string of the molecule is CC(C)C1N(C)CC12C[C@@H](O)[C@H](Nc1ncc3c(n1)CCCC3)C2. The van der Waals surface area contributed by atoms with Crippen LogP contribution < -0.4 is 5.32 Å². The smallest absolute Gasteiger partial charge is 0.223 e. The minimum atomic E-state index is -0.306. The molecule has 0 bridgehead atoms. The lowest BCUT2D eigenvalue weighted by Crippen LogP contribution is -2.64. The van der Waals surface area contributed by atoms with E-state index in [0.29, 0.717) is 17.9 Å². The Bertz CT molecular complexity index is 615. The van der Waals surface area contributed by atoms with E-state index in [-0.39, 0.29) is 17.6 Å². The average Bonchev–Trinajstić information content (AvgIpc) is 2.84. The van der Waals surface area contributed by atoms with Gasteiger partial charge in [0.15, 0.2) is 0 Å². The number of likely N-dealkylation sites (tertiary alicyclic amines) is 1. The van der Waals surface area contributed by atoms with Crippen molar-refractivity contribution >= 4 is 5.95 Å². The minimum Gasteiger partial charge on any atom is -0.391 e. The number of aromatic nitrogens is 2. The lowest BCUT2D eigenvalue weighted by molar-refractivity contribution is -0.0825. The zero-order chi connectivity index (χ0) is 16.9. The van der Waals surface area contributed by atoms with E-state index in [2.05, 4.69) is 36.1 Å². The molecule has 3 aliphatic rings. The molecule has 4 atom stereocenters. The van der Waals surface area contributed by atoms with Crippen molar-refractivity contribution in [3.63, 3.8) is 0 Å². The van der Waals surface area contributed by atoms with Crippen LogP contribution in [0.4, 0.5) is 5.95 Å². The van der Waals surface area contributed by atoms with Crippen LogP contribution in [0.15, 0.2) is 6.20 Å². The van der Waals surface area contributed by atoms with Gasteiger partial charge in [0.2, 0.25) is 5.95 Å². The van der Waals surface area contributed by atoms with Gasteiger partial charge in [-0.2, -0.15) is 0 Å². The van der Waals surface area contributed by atoms with Crippen molar-refractivity contribution in [1.82, 2.24) is 14.9 Å². The monoisotopic (exact) mass is 330 g/mol. The average molecular weight is 330 g/mol. The van der Waals surface area contributed by atoms with E-state index < -0.39 is 0 Å².